The molecule has 3 nitrogen and oxygen atoms in total. The Hall–Kier alpha value is -0.120. The van der Waals surface area contributed by atoms with E-state index in [1.54, 1.807) is 0 Å². The number of rotatable bonds is 8. The van der Waals surface area contributed by atoms with E-state index in [2.05, 4.69) is 29.4 Å². The lowest BCUT2D eigenvalue weighted by Crippen LogP contribution is -2.46. The Balaban J connectivity index is 1.95. The number of piperazine rings is 1. The molecule has 1 aliphatic heterocycles. The van der Waals surface area contributed by atoms with Gasteiger partial charge in [-0.1, -0.05) is 26.7 Å². The highest BCUT2D eigenvalue weighted by Crippen LogP contribution is 2.00. The van der Waals surface area contributed by atoms with Crippen LogP contribution in [0.3, 0.4) is 0 Å². The molecule has 1 rings (SSSR count). The van der Waals surface area contributed by atoms with Crippen LogP contribution in [0.4, 0.5) is 0 Å². The van der Waals surface area contributed by atoms with Crippen molar-refractivity contribution in [2.45, 2.75) is 33.1 Å². The summed E-state index contributed by atoms with van der Waals surface area (Å²) in [5.74, 6) is 0.778. The number of hydrogen-bond acceptors (Lipinski definition) is 3. The molecule has 16 heavy (non-hydrogen) atoms. The molecule has 0 bridgehead atoms. The average molecular weight is 227 g/mol. The van der Waals surface area contributed by atoms with Crippen LogP contribution in [0.15, 0.2) is 0 Å². The molecule has 0 amide bonds. The summed E-state index contributed by atoms with van der Waals surface area (Å²) >= 11 is 0. The lowest BCUT2D eigenvalue weighted by Gasteiger charge is -2.29. The minimum Gasteiger partial charge on any atom is -0.316 e. The van der Waals surface area contributed by atoms with Gasteiger partial charge in [-0.3, -0.25) is 0 Å². The first kappa shape index (κ1) is 13.9. The van der Waals surface area contributed by atoms with Crippen molar-refractivity contribution in [3.63, 3.8) is 0 Å². The molecule has 0 aromatic carbocycles. The lowest BCUT2D eigenvalue weighted by atomic mass is 10.1. The molecule has 0 saturated carbocycles. The first-order valence-corrected chi connectivity index (χ1v) is 6.96. The van der Waals surface area contributed by atoms with Crippen molar-refractivity contribution in [3.8, 4) is 0 Å². The smallest absolute Gasteiger partial charge is 0.0107 e. The van der Waals surface area contributed by atoms with E-state index >= 15 is 0 Å². The molecule has 1 unspecified atom stereocenters. The second-order valence-corrected chi connectivity index (χ2v) is 5.07. The van der Waals surface area contributed by atoms with Crippen molar-refractivity contribution in [2.24, 2.45) is 5.92 Å². The van der Waals surface area contributed by atoms with E-state index in [1.807, 2.05) is 0 Å². The van der Waals surface area contributed by atoms with Crippen LogP contribution in [0, 0.1) is 5.92 Å². The van der Waals surface area contributed by atoms with Crippen molar-refractivity contribution >= 4 is 0 Å². The zero-order valence-electron chi connectivity index (χ0n) is 11.1. The summed E-state index contributed by atoms with van der Waals surface area (Å²) in [6.07, 6.45) is 4.01. The van der Waals surface area contributed by atoms with Crippen LogP contribution in [0.5, 0.6) is 0 Å². The zero-order chi connectivity index (χ0) is 11.6. The van der Waals surface area contributed by atoms with Gasteiger partial charge < -0.3 is 15.5 Å². The molecule has 0 spiro atoms. The Labute approximate surface area is 101 Å². The van der Waals surface area contributed by atoms with Gasteiger partial charge in [0.2, 0.25) is 0 Å². The monoisotopic (exact) mass is 227 g/mol. The number of nitrogens with zero attached hydrogens (tertiary/aromatic N) is 1. The van der Waals surface area contributed by atoms with E-state index in [9.17, 15) is 0 Å². The highest BCUT2D eigenvalue weighted by molar-refractivity contribution is 4.70. The van der Waals surface area contributed by atoms with Gasteiger partial charge in [-0.25, -0.2) is 0 Å². The Bertz CT molecular complexity index is 155. The molecule has 1 saturated heterocycles. The Kier molecular flexibility index (Phi) is 7.81. The Morgan fingerprint density at radius 3 is 2.69 bits per heavy atom. The van der Waals surface area contributed by atoms with E-state index in [0.717, 1.165) is 19.0 Å². The van der Waals surface area contributed by atoms with Crippen molar-refractivity contribution in [2.75, 3.05) is 45.8 Å². The maximum Gasteiger partial charge on any atom is 0.0107 e. The molecule has 0 aromatic rings. The minimum atomic E-state index is 0.778. The third-order valence-corrected chi connectivity index (χ3v) is 3.23. The van der Waals surface area contributed by atoms with Gasteiger partial charge in [-0.2, -0.15) is 0 Å². The SMILES string of the molecule is CCCCCNCC(C)CN1CCNCC1. The van der Waals surface area contributed by atoms with Gasteiger partial charge in [0.05, 0.1) is 0 Å². The first-order chi connectivity index (χ1) is 7.83. The number of unbranched alkanes of at least 4 members (excludes halogenated alkanes) is 2. The van der Waals surface area contributed by atoms with Crippen molar-refractivity contribution < 1.29 is 0 Å². The van der Waals surface area contributed by atoms with Crippen LogP contribution >= 0.6 is 0 Å². The minimum absolute atomic E-state index is 0.778. The summed E-state index contributed by atoms with van der Waals surface area (Å²) < 4.78 is 0. The zero-order valence-corrected chi connectivity index (χ0v) is 11.1. The second kappa shape index (κ2) is 8.97. The molecule has 1 fully saturated rings. The van der Waals surface area contributed by atoms with Crippen LogP contribution in [0.2, 0.25) is 0 Å². The summed E-state index contributed by atoms with van der Waals surface area (Å²) in [4.78, 5) is 2.58. The fourth-order valence-corrected chi connectivity index (χ4v) is 2.25. The summed E-state index contributed by atoms with van der Waals surface area (Å²) in [6.45, 7) is 13.0. The van der Waals surface area contributed by atoms with Gasteiger partial charge in [0.1, 0.15) is 0 Å². The van der Waals surface area contributed by atoms with E-state index in [-0.39, 0.29) is 0 Å². The number of nitrogens with one attached hydrogen (secondary N) is 2. The van der Waals surface area contributed by atoms with Crippen molar-refractivity contribution in [3.05, 3.63) is 0 Å². The van der Waals surface area contributed by atoms with Gasteiger partial charge in [-0.15, -0.1) is 0 Å². The molecule has 3 heteroatoms. The van der Waals surface area contributed by atoms with Crippen LogP contribution in [-0.2, 0) is 0 Å². The maximum atomic E-state index is 3.57. The maximum absolute atomic E-state index is 3.57. The highest BCUT2D eigenvalue weighted by atomic mass is 15.2. The largest absolute Gasteiger partial charge is 0.316 e. The number of hydrogen-bond donors (Lipinski definition) is 2. The normalized spacial score (nSPS) is 19.9. The van der Waals surface area contributed by atoms with E-state index in [1.165, 1.54) is 52.0 Å². The van der Waals surface area contributed by atoms with Gasteiger partial charge >= 0.3 is 0 Å². The molecule has 1 heterocycles. The quantitative estimate of drug-likeness (QED) is 0.612. The summed E-state index contributed by atoms with van der Waals surface area (Å²) in [5.41, 5.74) is 0. The van der Waals surface area contributed by atoms with Crippen LogP contribution < -0.4 is 10.6 Å². The fraction of sp³-hybridized carbons (Fsp3) is 1.00. The molecular formula is C13H29N3. The molecule has 1 atom stereocenters. The summed E-state index contributed by atoms with van der Waals surface area (Å²) in [7, 11) is 0. The molecule has 1 aliphatic rings. The van der Waals surface area contributed by atoms with Gasteiger partial charge in [0, 0.05) is 32.7 Å². The average Bonchev–Trinajstić information content (AvgIpc) is 2.30. The molecule has 0 aromatic heterocycles. The van der Waals surface area contributed by atoms with Gasteiger partial charge in [-0.05, 0) is 25.4 Å². The molecule has 2 N–H and O–H groups in total. The van der Waals surface area contributed by atoms with E-state index in [4.69, 9.17) is 0 Å². The lowest BCUT2D eigenvalue weighted by molar-refractivity contribution is 0.209. The summed E-state index contributed by atoms with van der Waals surface area (Å²) in [5, 5.41) is 6.96. The summed E-state index contributed by atoms with van der Waals surface area (Å²) in [6, 6.07) is 0. The Morgan fingerprint density at radius 2 is 2.00 bits per heavy atom. The van der Waals surface area contributed by atoms with Crippen LogP contribution in [0.25, 0.3) is 0 Å². The molecular weight excluding hydrogens is 198 g/mol. The van der Waals surface area contributed by atoms with Crippen LogP contribution in [-0.4, -0.2) is 50.7 Å². The fourth-order valence-electron chi connectivity index (χ4n) is 2.25. The van der Waals surface area contributed by atoms with Crippen molar-refractivity contribution in [1.29, 1.82) is 0 Å². The van der Waals surface area contributed by atoms with E-state index < -0.39 is 0 Å². The highest BCUT2D eigenvalue weighted by Gasteiger charge is 2.12. The topological polar surface area (TPSA) is 27.3 Å². The molecule has 96 valence electrons. The van der Waals surface area contributed by atoms with Crippen LogP contribution in [0.1, 0.15) is 33.1 Å². The Morgan fingerprint density at radius 1 is 1.25 bits per heavy atom. The first-order valence-electron chi connectivity index (χ1n) is 6.96. The molecule has 0 radical (unpaired) electrons. The third-order valence-electron chi connectivity index (χ3n) is 3.23. The van der Waals surface area contributed by atoms with E-state index in [0.29, 0.717) is 0 Å². The predicted molar refractivity (Wildman–Crippen MR) is 70.9 cm³/mol. The standard InChI is InChI=1S/C13H29N3/c1-3-4-5-6-15-11-13(2)12-16-9-7-14-8-10-16/h13-15H,3-12H2,1-2H3. The molecule has 0 aliphatic carbocycles. The van der Waals surface area contributed by atoms with Crippen molar-refractivity contribution in [1.82, 2.24) is 15.5 Å². The third kappa shape index (κ3) is 6.46. The van der Waals surface area contributed by atoms with Gasteiger partial charge in [0.15, 0.2) is 0 Å². The second-order valence-electron chi connectivity index (χ2n) is 5.07. The van der Waals surface area contributed by atoms with Gasteiger partial charge in [0.25, 0.3) is 0 Å². The predicted octanol–water partition coefficient (Wildman–Crippen LogP) is 1.31.